The van der Waals surface area contributed by atoms with Crippen LogP contribution in [0, 0.1) is 6.92 Å². The standard InChI is InChI=1S/C21H28N4O4/c1-13-10-18-15(11-17(13)23-7-9-24(2)8-6-19(22)26)20(27)16(21(28)29-3)12-25(18)14-4-5-14/h10-12,14,23H,4-9H2,1-3H3,(H2,22,26). The summed E-state index contributed by atoms with van der Waals surface area (Å²) >= 11 is 0. The maximum Gasteiger partial charge on any atom is 0.343 e. The van der Waals surface area contributed by atoms with Crippen molar-refractivity contribution in [1.82, 2.24) is 9.47 Å². The number of nitrogens with one attached hydrogen (secondary N) is 1. The Bertz CT molecular complexity index is 994. The van der Waals surface area contributed by atoms with E-state index in [0.717, 1.165) is 36.2 Å². The average molecular weight is 400 g/mol. The second-order valence-electron chi connectivity index (χ2n) is 7.63. The molecule has 0 unspecified atom stereocenters. The molecular weight excluding hydrogens is 372 g/mol. The first-order chi connectivity index (χ1) is 13.8. The summed E-state index contributed by atoms with van der Waals surface area (Å²) in [6.07, 6.45) is 4.03. The SMILES string of the molecule is COC(=O)c1cn(C2CC2)c2cc(C)c(NCCN(C)CCC(N)=O)cc2c1=O. The first kappa shape index (κ1) is 20.9. The number of benzene rings is 1. The van der Waals surface area contributed by atoms with E-state index in [0.29, 0.717) is 30.9 Å². The summed E-state index contributed by atoms with van der Waals surface area (Å²) in [5.74, 6) is -0.930. The third kappa shape index (κ3) is 4.76. The number of amides is 1. The van der Waals surface area contributed by atoms with Crippen molar-refractivity contribution in [3.63, 3.8) is 0 Å². The second kappa shape index (κ2) is 8.65. The Morgan fingerprint density at radius 2 is 2.03 bits per heavy atom. The van der Waals surface area contributed by atoms with Crippen LogP contribution in [0.3, 0.4) is 0 Å². The highest BCUT2D eigenvalue weighted by atomic mass is 16.5. The Hall–Kier alpha value is -2.87. The van der Waals surface area contributed by atoms with Crippen molar-refractivity contribution in [1.29, 1.82) is 0 Å². The van der Waals surface area contributed by atoms with Gasteiger partial charge >= 0.3 is 5.97 Å². The number of carbonyl (C=O) groups excluding carboxylic acids is 2. The number of carbonyl (C=O) groups is 2. The predicted octanol–water partition coefficient (Wildman–Crippen LogP) is 1.65. The molecular formula is C21H28N4O4. The molecule has 0 saturated heterocycles. The van der Waals surface area contributed by atoms with Crippen molar-refractivity contribution in [2.24, 2.45) is 5.73 Å². The molecule has 1 fully saturated rings. The van der Waals surface area contributed by atoms with Gasteiger partial charge in [-0.3, -0.25) is 9.59 Å². The molecule has 0 radical (unpaired) electrons. The number of primary amides is 1. The minimum atomic E-state index is -0.613. The highest BCUT2D eigenvalue weighted by Crippen LogP contribution is 2.37. The number of fused-ring (bicyclic) bond motifs is 1. The average Bonchev–Trinajstić information content (AvgIpc) is 3.52. The maximum atomic E-state index is 12.9. The number of likely N-dealkylation sites (N-methyl/N-ethyl adjacent to an activating group) is 1. The van der Waals surface area contributed by atoms with Crippen molar-refractivity contribution in [2.45, 2.75) is 32.2 Å². The lowest BCUT2D eigenvalue weighted by Crippen LogP contribution is -2.29. The van der Waals surface area contributed by atoms with E-state index in [-0.39, 0.29) is 16.9 Å². The van der Waals surface area contributed by atoms with Crippen LogP contribution in [0.2, 0.25) is 0 Å². The zero-order chi connectivity index (χ0) is 21.1. The number of esters is 1. The van der Waals surface area contributed by atoms with Gasteiger partial charge in [0.1, 0.15) is 5.56 Å². The lowest BCUT2D eigenvalue weighted by atomic mass is 10.1. The quantitative estimate of drug-likeness (QED) is 0.620. The first-order valence-corrected chi connectivity index (χ1v) is 9.80. The molecule has 1 aliphatic carbocycles. The molecule has 1 heterocycles. The first-order valence-electron chi connectivity index (χ1n) is 9.80. The summed E-state index contributed by atoms with van der Waals surface area (Å²) in [5.41, 5.74) is 7.65. The van der Waals surface area contributed by atoms with Gasteiger partial charge in [-0.1, -0.05) is 0 Å². The number of nitrogens with zero attached hydrogens (tertiary/aromatic N) is 2. The third-order valence-electron chi connectivity index (χ3n) is 5.27. The van der Waals surface area contributed by atoms with Crippen LogP contribution in [0.25, 0.3) is 10.9 Å². The van der Waals surface area contributed by atoms with E-state index in [4.69, 9.17) is 10.5 Å². The molecule has 1 aromatic heterocycles. The van der Waals surface area contributed by atoms with E-state index in [2.05, 4.69) is 5.32 Å². The molecule has 3 rings (SSSR count). The van der Waals surface area contributed by atoms with Gasteiger partial charge in [0, 0.05) is 49.4 Å². The van der Waals surface area contributed by atoms with Crippen LogP contribution >= 0.6 is 0 Å². The number of rotatable bonds is 9. The molecule has 0 aliphatic heterocycles. The van der Waals surface area contributed by atoms with Gasteiger partial charge in [0.25, 0.3) is 0 Å². The summed E-state index contributed by atoms with van der Waals surface area (Å²) < 4.78 is 6.83. The van der Waals surface area contributed by atoms with E-state index in [1.165, 1.54) is 7.11 Å². The van der Waals surface area contributed by atoms with Gasteiger partial charge in [-0.05, 0) is 44.5 Å². The van der Waals surface area contributed by atoms with E-state index < -0.39 is 5.97 Å². The Morgan fingerprint density at radius 3 is 2.66 bits per heavy atom. The normalized spacial score (nSPS) is 13.7. The summed E-state index contributed by atoms with van der Waals surface area (Å²) in [7, 11) is 3.21. The number of aryl methyl sites for hydroxylation is 1. The number of ether oxygens (including phenoxy) is 1. The summed E-state index contributed by atoms with van der Waals surface area (Å²) in [6, 6.07) is 4.13. The fourth-order valence-electron chi connectivity index (χ4n) is 3.40. The van der Waals surface area contributed by atoms with Crippen molar-refractivity contribution < 1.29 is 14.3 Å². The maximum absolute atomic E-state index is 12.9. The van der Waals surface area contributed by atoms with Gasteiger partial charge in [-0.25, -0.2) is 4.79 Å². The lowest BCUT2D eigenvalue weighted by molar-refractivity contribution is -0.118. The van der Waals surface area contributed by atoms with Crippen LogP contribution in [-0.4, -0.2) is 55.1 Å². The van der Waals surface area contributed by atoms with Crippen molar-refractivity contribution in [2.75, 3.05) is 39.1 Å². The monoisotopic (exact) mass is 400 g/mol. The molecule has 0 bridgehead atoms. The molecule has 2 aromatic rings. The van der Waals surface area contributed by atoms with Crippen LogP contribution in [-0.2, 0) is 9.53 Å². The molecule has 1 saturated carbocycles. The van der Waals surface area contributed by atoms with E-state index in [9.17, 15) is 14.4 Å². The number of anilines is 1. The molecule has 1 amide bonds. The molecule has 29 heavy (non-hydrogen) atoms. The molecule has 1 aromatic carbocycles. The van der Waals surface area contributed by atoms with Gasteiger partial charge in [0.05, 0.1) is 12.6 Å². The Labute approximate surface area is 169 Å². The Balaban J connectivity index is 1.87. The zero-order valence-corrected chi connectivity index (χ0v) is 17.2. The molecule has 0 spiro atoms. The summed E-state index contributed by atoms with van der Waals surface area (Å²) in [6.45, 7) is 3.96. The van der Waals surface area contributed by atoms with Gasteiger partial charge in [-0.15, -0.1) is 0 Å². The van der Waals surface area contributed by atoms with E-state index >= 15 is 0 Å². The van der Waals surface area contributed by atoms with Crippen molar-refractivity contribution in [3.8, 4) is 0 Å². The van der Waals surface area contributed by atoms with E-state index in [1.807, 2.05) is 35.6 Å². The number of methoxy groups -OCH3 is 1. The molecule has 0 atom stereocenters. The molecule has 1 aliphatic rings. The highest BCUT2D eigenvalue weighted by Gasteiger charge is 2.27. The van der Waals surface area contributed by atoms with Crippen molar-refractivity contribution >= 4 is 28.5 Å². The topological polar surface area (TPSA) is 107 Å². The third-order valence-corrected chi connectivity index (χ3v) is 5.27. The Morgan fingerprint density at radius 1 is 1.31 bits per heavy atom. The van der Waals surface area contributed by atoms with Crippen LogP contribution in [0.4, 0.5) is 5.69 Å². The lowest BCUT2D eigenvalue weighted by Gasteiger charge is -2.18. The highest BCUT2D eigenvalue weighted by molar-refractivity contribution is 5.95. The fraction of sp³-hybridized carbons (Fsp3) is 0.476. The number of nitrogens with two attached hydrogens (primary N) is 1. The molecule has 8 nitrogen and oxygen atoms in total. The van der Waals surface area contributed by atoms with Crippen LogP contribution in [0.15, 0.2) is 23.1 Å². The minimum absolute atomic E-state index is 0.0629. The molecule has 156 valence electrons. The van der Waals surface area contributed by atoms with Crippen LogP contribution < -0.4 is 16.5 Å². The fourth-order valence-corrected chi connectivity index (χ4v) is 3.40. The van der Waals surface area contributed by atoms with Crippen LogP contribution in [0.1, 0.15) is 41.2 Å². The number of pyridine rings is 1. The molecule has 3 N–H and O–H groups in total. The Kier molecular flexibility index (Phi) is 6.22. The van der Waals surface area contributed by atoms with Gasteiger partial charge in [0.15, 0.2) is 0 Å². The largest absolute Gasteiger partial charge is 0.465 e. The van der Waals surface area contributed by atoms with Gasteiger partial charge < -0.3 is 25.3 Å². The summed E-state index contributed by atoms with van der Waals surface area (Å²) in [4.78, 5) is 37.9. The van der Waals surface area contributed by atoms with Gasteiger partial charge in [-0.2, -0.15) is 0 Å². The molecule has 8 heteroatoms. The number of hydrogen-bond acceptors (Lipinski definition) is 6. The van der Waals surface area contributed by atoms with Crippen LogP contribution in [0.5, 0.6) is 0 Å². The summed E-state index contributed by atoms with van der Waals surface area (Å²) in [5, 5.41) is 3.86. The number of hydrogen-bond donors (Lipinski definition) is 2. The van der Waals surface area contributed by atoms with Gasteiger partial charge in [0.2, 0.25) is 11.3 Å². The minimum Gasteiger partial charge on any atom is -0.465 e. The second-order valence-corrected chi connectivity index (χ2v) is 7.63. The zero-order valence-electron chi connectivity index (χ0n) is 17.2. The van der Waals surface area contributed by atoms with E-state index in [1.54, 1.807) is 6.20 Å². The predicted molar refractivity (Wildman–Crippen MR) is 112 cm³/mol. The number of aromatic nitrogens is 1. The van der Waals surface area contributed by atoms with Crippen molar-refractivity contribution in [3.05, 3.63) is 39.7 Å². The smallest absolute Gasteiger partial charge is 0.343 e.